The first-order chi connectivity index (χ1) is 9.40. The van der Waals surface area contributed by atoms with Crippen molar-refractivity contribution in [2.75, 3.05) is 6.61 Å². The largest absolute Gasteiger partial charge is 0.492 e. The second-order valence-electron chi connectivity index (χ2n) is 3.82. The van der Waals surface area contributed by atoms with Gasteiger partial charge < -0.3 is 9.72 Å². The molecule has 0 aliphatic heterocycles. The number of H-pyrrole nitrogens is 1. The van der Waals surface area contributed by atoms with Crippen molar-refractivity contribution in [3.05, 3.63) is 40.7 Å². The maximum Gasteiger partial charge on any atom is 0.449 e. The molecular formula is C12H10F3N3O2. The molecule has 0 spiro atoms. The van der Waals surface area contributed by atoms with Crippen molar-refractivity contribution < 1.29 is 17.9 Å². The monoisotopic (exact) mass is 285 g/mol. The zero-order valence-corrected chi connectivity index (χ0v) is 10.4. The van der Waals surface area contributed by atoms with E-state index in [4.69, 9.17) is 4.74 Å². The maximum absolute atomic E-state index is 12.6. The number of rotatable bonds is 3. The lowest BCUT2D eigenvalue weighted by Gasteiger charge is -2.08. The van der Waals surface area contributed by atoms with Crippen LogP contribution in [0.3, 0.4) is 0 Å². The maximum atomic E-state index is 12.6. The predicted molar refractivity (Wildman–Crippen MR) is 64.3 cm³/mol. The standard InChI is InChI=1S/C12H10F3N3O2/c1-2-20-8-3-7(5-16-6-8)9-4-10(19)18-11(17-9)12(13,14)15/h3-6H,2H2,1H3,(H,17,18,19). The molecular weight excluding hydrogens is 275 g/mol. The molecule has 0 radical (unpaired) electrons. The fraction of sp³-hybridized carbons (Fsp3) is 0.250. The van der Waals surface area contributed by atoms with Crippen LogP contribution in [0.25, 0.3) is 11.3 Å². The normalized spacial score (nSPS) is 11.4. The summed E-state index contributed by atoms with van der Waals surface area (Å²) in [7, 11) is 0. The molecule has 2 rings (SSSR count). The Bertz CT molecular complexity index is 667. The summed E-state index contributed by atoms with van der Waals surface area (Å²) >= 11 is 0. The third-order valence-electron chi connectivity index (χ3n) is 2.33. The number of hydrogen-bond donors (Lipinski definition) is 1. The highest BCUT2D eigenvalue weighted by Crippen LogP contribution is 2.27. The molecule has 20 heavy (non-hydrogen) atoms. The van der Waals surface area contributed by atoms with Crippen molar-refractivity contribution in [3.8, 4) is 17.0 Å². The molecule has 0 unspecified atom stereocenters. The molecule has 5 nitrogen and oxygen atoms in total. The van der Waals surface area contributed by atoms with E-state index in [1.807, 2.05) is 0 Å². The molecule has 0 amide bonds. The molecule has 0 fully saturated rings. The van der Waals surface area contributed by atoms with Gasteiger partial charge in [-0.05, 0) is 13.0 Å². The van der Waals surface area contributed by atoms with E-state index in [0.717, 1.165) is 6.07 Å². The smallest absolute Gasteiger partial charge is 0.449 e. The second-order valence-corrected chi connectivity index (χ2v) is 3.82. The summed E-state index contributed by atoms with van der Waals surface area (Å²) in [6, 6.07) is 2.44. The van der Waals surface area contributed by atoms with Gasteiger partial charge in [0.05, 0.1) is 18.5 Å². The van der Waals surface area contributed by atoms with Crippen LogP contribution >= 0.6 is 0 Å². The van der Waals surface area contributed by atoms with Crippen molar-refractivity contribution in [3.63, 3.8) is 0 Å². The number of ether oxygens (including phenoxy) is 1. The number of pyridine rings is 1. The molecule has 0 saturated carbocycles. The number of alkyl halides is 3. The molecule has 2 aromatic heterocycles. The van der Waals surface area contributed by atoms with Crippen LogP contribution in [0.5, 0.6) is 5.75 Å². The number of hydrogen-bond acceptors (Lipinski definition) is 4. The highest BCUT2D eigenvalue weighted by Gasteiger charge is 2.34. The van der Waals surface area contributed by atoms with Crippen LogP contribution in [0.4, 0.5) is 13.2 Å². The Balaban J connectivity index is 2.50. The van der Waals surface area contributed by atoms with E-state index in [0.29, 0.717) is 12.4 Å². The molecule has 2 aromatic rings. The minimum atomic E-state index is -4.72. The fourth-order valence-electron chi connectivity index (χ4n) is 1.54. The Morgan fingerprint density at radius 3 is 2.70 bits per heavy atom. The van der Waals surface area contributed by atoms with Crippen LogP contribution in [-0.4, -0.2) is 21.6 Å². The van der Waals surface area contributed by atoms with Crippen LogP contribution in [0.1, 0.15) is 12.7 Å². The van der Waals surface area contributed by atoms with Crippen LogP contribution < -0.4 is 10.3 Å². The predicted octanol–water partition coefficient (Wildman–Crippen LogP) is 2.25. The van der Waals surface area contributed by atoms with Gasteiger partial charge in [0, 0.05) is 17.8 Å². The van der Waals surface area contributed by atoms with Gasteiger partial charge in [0.2, 0.25) is 5.82 Å². The Morgan fingerprint density at radius 2 is 2.05 bits per heavy atom. The number of nitrogens with zero attached hydrogens (tertiary/aromatic N) is 2. The van der Waals surface area contributed by atoms with Gasteiger partial charge in [-0.2, -0.15) is 13.2 Å². The quantitative estimate of drug-likeness (QED) is 0.939. The van der Waals surface area contributed by atoms with Gasteiger partial charge in [-0.3, -0.25) is 9.78 Å². The van der Waals surface area contributed by atoms with Crippen LogP contribution in [0, 0.1) is 0 Å². The van der Waals surface area contributed by atoms with Gasteiger partial charge in [-0.25, -0.2) is 4.98 Å². The lowest BCUT2D eigenvalue weighted by Crippen LogP contribution is -2.18. The highest BCUT2D eigenvalue weighted by atomic mass is 19.4. The minimum absolute atomic E-state index is 0.116. The van der Waals surface area contributed by atoms with E-state index in [-0.39, 0.29) is 11.3 Å². The minimum Gasteiger partial charge on any atom is -0.492 e. The Morgan fingerprint density at radius 1 is 1.30 bits per heavy atom. The molecule has 0 aliphatic rings. The Kier molecular flexibility index (Phi) is 3.73. The topological polar surface area (TPSA) is 67.9 Å². The third-order valence-corrected chi connectivity index (χ3v) is 2.33. The number of aromatic amines is 1. The van der Waals surface area contributed by atoms with Crippen molar-refractivity contribution >= 4 is 0 Å². The zero-order chi connectivity index (χ0) is 14.8. The van der Waals surface area contributed by atoms with Crippen LogP contribution in [-0.2, 0) is 6.18 Å². The van der Waals surface area contributed by atoms with E-state index in [1.165, 1.54) is 18.5 Å². The summed E-state index contributed by atoms with van der Waals surface area (Å²) in [6.07, 6.45) is -1.99. The lowest BCUT2D eigenvalue weighted by atomic mass is 10.2. The number of halogens is 3. The zero-order valence-electron chi connectivity index (χ0n) is 10.4. The van der Waals surface area contributed by atoms with Gasteiger partial charge >= 0.3 is 6.18 Å². The van der Waals surface area contributed by atoms with Crippen molar-refractivity contribution in [1.82, 2.24) is 15.0 Å². The average molecular weight is 285 g/mol. The summed E-state index contributed by atoms with van der Waals surface area (Å²) in [5.41, 5.74) is -0.730. The molecule has 0 aromatic carbocycles. The summed E-state index contributed by atoms with van der Waals surface area (Å²) in [5, 5.41) is 0. The lowest BCUT2D eigenvalue weighted by molar-refractivity contribution is -0.145. The van der Waals surface area contributed by atoms with E-state index >= 15 is 0 Å². The van der Waals surface area contributed by atoms with Gasteiger partial charge in [0.1, 0.15) is 5.75 Å². The molecule has 0 aliphatic carbocycles. The fourth-order valence-corrected chi connectivity index (χ4v) is 1.54. The molecule has 0 atom stereocenters. The van der Waals surface area contributed by atoms with Gasteiger partial charge in [0.25, 0.3) is 5.56 Å². The molecule has 8 heteroatoms. The number of aromatic nitrogens is 3. The summed E-state index contributed by atoms with van der Waals surface area (Å²) in [4.78, 5) is 20.2. The van der Waals surface area contributed by atoms with Gasteiger partial charge in [0.15, 0.2) is 0 Å². The molecule has 0 saturated heterocycles. The van der Waals surface area contributed by atoms with E-state index < -0.39 is 17.6 Å². The first kappa shape index (κ1) is 14.0. The van der Waals surface area contributed by atoms with Crippen molar-refractivity contribution in [2.45, 2.75) is 13.1 Å². The highest BCUT2D eigenvalue weighted by molar-refractivity contribution is 5.59. The summed E-state index contributed by atoms with van der Waals surface area (Å²) in [6.45, 7) is 2.15. The number of nitrogens with one attached hydrogen (secondary N) is 1. The Hall–Kier alpha value is -2.38. The summed E-state index contributed by atoms with van der Waals surface area (Å²) < 4.78 is 43.0. The average Bonchev–Trinajstić information content (AvgIpc) is 2.38. The molecule has 1 N–H and O–H groups in total. The Labute approximate surface area is 111 Å². The van der Waals surface area contributed by atoms with Gasteiger partial charge in [-0.1, -0.05) is 0 Å². The van der Waals surface area contributed by atoms with E-state index in [1.54, 1.807) is 11.9 Å². The SMILES string of the molecule is CCOc1cncc(-c2cc(=O)[nH]c(C(F)(F)F)n2)c1. The van der Waals surface area contributed by atoms with Crippen LogP contribution in [0.2, 0.25) is 0 Å². The van der Waals surface area contributed by atoms with E-state index in [9.17, 15) is 18.0 Å². The first-order valence-electron chi connectivity index (χ1n) is 5.67. The summed E-state index contributed by atoms with van der Waals surface area (Å²) in [5.74, 6) is -0.956. The van der Waals surface area contributed by atoms with Crippen LogP contribution in [0.15, 0.2) is 29.3 Å². The third kappa shape index (κ3) is 3.14. The second kappa shape index (κ2) is 5.32. The first-order valence-corrected chi connectivity index (χ1v) is 5.67. The van der Waals surface area contributed by atoms with Crippen molar-refractivity contribution in [2.24, 2.45) is 0 Å². The molecule has 2 heterocycles. The van der Waals surface area contributed by atoms with E-state index in [2.05, 4.69) is 9.97 Å². The molecule has 106 valence electrons. The van der Waals surface area contributed by atoms with Gasteiger partial charge in [-0.15, -0.1) is 0 Å². The van der Waals surface area contributed by atoms with Crippen molar-refractivity contribution in [1.29, 1.82) is 0 Å². The molecule has 0 bridgehead atoms.